The summed E-state index contributed by atoms with van der Waals surface area (Å²) in [6.45, 7) is 3.91. The number of aromatic nitrogens is 1. The van der Waals surface area contributed by atoms with Crippen molar-refractivity contribution in [3.8, 4) is 0 Å². The number of hydrogen-bond acceptors (Lipinski definition) is 3. The van der Waals surface area contributed by atoms with Gasteiger partial charge in [-0.3, -0.25) is 0 Å². The number of carbonyl (C=O) groups excluding carboxylic acids is 1. The van der Waals surface area contributed by atoms with Gasteiger partial charge in [-0.1, -0.05) is 24.9 Å². The van der Waals surface area contributed by atoms with Gasteiger partial charge in [0.15, 0.2) is 0 Å². The summed E-state index contributed by atoms with van der Waals surface area (Å²) in [6, 6.07) is 3.12. The lowest BCUT2D eigenvalue weighted by Crippen LogP contribution is -2.15. The van der Waals surface area contributed by atoms with E-state index in [4.69, 9.17) is 16.3 Å². The number of carbonyl (C=O) groups is 1. The van der Waals surface area contributed by atoms with Crippen molar-refractivity contribution in [1.82, 2.24) is 4.98 Å². The van der Waals surface area contributed by atoms with Crippen LogP contribution < -0.4 is 0 Å². The van der Waals surface area contributed by atoms with Gasteiger partial charge in [-0.25, -0.2) is 9.78 Å². The topological polar surface area (TPSA) is 39.2 Å². The van der Waals surface area contributed by atoms with Crippen molar-refractivity contribution < 1.29 is 9.53 Å². The number of rotatable bonds is 4. The molecule has 0 radical (unpaired) electrons. The molecule has 1 atom stereocenters. The highest BCUT2D eigenvalue weighted by Gasteiger charge is 2.12. The lowest BCUT2D eigenvalue weighted by atomic mass is 10.2. The quantitative estimate of drug-likeness (QED) is 0.742. The Bertz CT molecular complexity index is 341. The Hall–Kier alpha value is -1.09. The van der Waals surface area contributed by atoms with Crippen LogP contribution >= 0.6 is 11.6 Å². The third kappa shape index (κ3) is 3.88. The molecule has 3 nitrogen and oxygen atoms in total. The van der Waals surface area contributed by atoms with E-state index in [1.54, 1.807) is 6.07 Å². The monoisotopic (exact) mass is 227 g/mol. The zero-order chi connectivity index (χ0) is 11.3. The summed E-state index contributed by atoms with van der Waals surface area (Å²) in [5, 5.41) is 0.486. The minimum atomic E-state index is -0.418. The summed E-state index contributed by atoms with van der Waals surface area (Å²) < 4.78 is 5.17. The van der Waals surface area contributed by atoms with E-state index in [9.17, 15) is 4.79 Å². The Morgan fingerprint density at radius 3 is 3.00 bits per heavy atom. The van der Waals surface area contributed by atoms with Crippen LogP contribution in [-0.4, -0.2) is 17.1 Å². The summed E-state index contributed by atoms with van der Waals surface area (Å²) in [5.74, 6) is -0.418. The SMILES string of the molecule is CCCC(C)OC(=O)c1cc(Cl)ccn1. The van der Waals surface area contributed by atoms with Crippen LogP contribution in [0.4, 0.5) is 0 Å². The summed E-state index contributed by atoms with van der Waals surface area (Å²) in [4.78, 5) is 15.4. The molecule has 82 valence electrons. The Kier molecular flexibility index (Phi) is 4.56. The van der Waals surface area contributed by atoms with Crippen molar-refractivity contribution in [2.45, 2.75) is 32.8 Å². The first-order valence-corrected chi connectivity index (χ1v) is 5.33. The largest absolute Gasteiger partial charge is 0.458 e. The lowest BCUT2D eigenvalue weighted by molar-refractivity contribution is 0.0316. The van der Waals surface area contributed by atoms with Gasteiger partial charge in [-0.05, 0) is 25.5 Å². The second kappa shape index (κ2) is 5.71. The number of halogens is 1. The number of nitrogens with zero attached hydrogens (tertiary/aromatic N) is 1. The molecule has 1 rings (SSSR count). The Morgan fingerprint density at radius 2 is 2.40 bits per heavy atom. The normalized spacial score (nSPS) is 12.2. The fraction of sp³-hybridized carbons (Fsp3) is 0.455. The van der Waals surface area contributed by atoms with Crippen molar-refractivity contribution in [2.75, 3.05) is 0 Å². The second-order valence-electron chi connectivity index (χ2n) is 3.36. The van der Waals surface area contributed by atoms with Gasteiger partial charge in [0.1, 0.15) is 5.69 Å². The average molecular weight is 228 g/mol. The maximum atomic E-state index is 11.5. The summed E-state index contributed by atoms with van der Waals surface area (Å²) in [5.41, 5.74) is 0.255. The van der Waals surface area contributed by atoms with Crippen molar-refractivity contribution in [2.24, 2.45) is 0 Å². The molecule has 0 aromatic carbocycles. The fourth-order valence-corrected chi connectivity index (χ4v) is 1.38. The molecule has 1 heterocycles. The van der Waals surface area contributed by atoms with Crippen molar-refractivity contribution in [3.63, 3.8) is 0 Å². The minimum Gasteiger partial charge on any atom is -0.458 e. The fourth-order valence-electron chi connectivity index (χ4n) is 1.22. The van der Waals surface area contributed by atoms with E-state index in [0.29, 0.717) is 5.02 Å². The van der Waals surface area contributed by atoms with Gasteiger partial charge in [-0.15, -0.1) is 0 Å². The first-order valence-electron chi connectivity index (χ1n) is 4.96. The molecule has 0 amide bonds. The van der Waals surface area contributed by atoms with E-state index < -0.39 is 5.97 Å². The third-order valence-electron chi connectivity index (χ3n) is 1.93. The van der Waals surface area contributed by atoms with E-state index in [-0.39, 0.29) is 11.8 Å². The highest BCUT2D eigenvalue weighted by Crippen LogP contribution is 2.10. The second-order valence-corrected chi connectivity index (χ2v) is 3.80. The molecule has 0 aliphatic heterocycles. The molecular weight excluding hydrogens is 214 g/mol. The maximum Gasteiger partial charge on any atom is 0.357 e. The molecule has 0 saturated heterocycles. The summed E-state index contributed by atoms with van der Waals surface area (Å²) in [6.07, 6.45) is 3.25. The van der Waals surface area contributed by atoms with Gasteiger partial charge in [0.2, 0.25) is 0 Å². The Balaban J connectivity index is 2.61. The van der Waals surface area contributed by atoms with Crippen LogP contribution in [0, 0.1) is 0 Å². The molecule has 0 N–H and O–H groups in total. The van der Waals surface area contributed by atoms with E-state index in [2.05, 4.69) is 4.98 Å². The van der Waals surface area contributed by atoms with Gasteiger partial charge in [0, 0.05) is 11.2 Å². The average Bonchev–Trinajstić information content (AvgIpc) is 2.18. The molecule has 4 heteroatoms. The van der Waals surface area contributed by atoms with E-state index in [1.165, 1.54) is 12.3 Å². The predicted molar refractivity (Wildman–Crippen MR) is 59.0 cm³/mol. The van der Waals surface area contributed by atoms with Crippen LogP contribution in [0.1, 0.15) is 37.2 Å². The highest BCUT2D eigenvalue weighted by molar-refractivity contribution is 6.30. The van der Waals surface area contributed by atoms with Crippen LogP contribution in [0.25, 0.3) is 0 Å². The lowest BCUT2D eigenvalue weighted by Gasteiger charge is -2.11. The van der Waals surface area contributed by atoms with Crippen LogP contribution in [-0.2, 0) is 4.74 Å². The molecule has 0 aliphatic carbocycles. The summed E-state index contributed by atoms with van der Waals surface area (Å²) in [7, 11) is 0. The zero-order valence-corrected chi connectivity index (χ0v) is 9.62. The van der Waals surface area contributed by atoms with Crippen LogP contribution in [0.15, 0.2) is 18.3 Å². The highest BCUT2D eigenvalue weighted by atomic mass is 35.5. The zero-order valence-electron chi connectivity index (χ0n) is 8.87. The van der Waals surface area contributed by atoms with Crippen molar-refractivity contribution in [3.05, 3.63) is 29.0 Å². The van der Waals surface area contributed by atoms with Gasteiger partial charge in [-0.2, -0.15) is 0 Å². The molecular formula is C11H14ClNO2. The standard InChI is InChI=1S/C11H14ClNO2/c1-3-4-8(2)15-11(14)10-7-9(12)5-6-13-10/h5-8H,3-4H2,1-2H3. The first kappa shape index (κ1) is 12.0. The first-order chi connectivity index (χ1) is 7.13. The van der Waals surface area contributed by atoms with E-state index in [0.717, 1.165) is 12.8 Å². The van der Waals surface area contributed by atoms with Crippen molar-refractivity contribution in [1.29, 1.82) is 0 Å². The molecule has 1 aromatic heterocycles. The van der Waals surface area contributed by atoms with Crippen LogP contribution in [0.2, 0.25) is 5.02 Å². The third-order valence-corrected chi connectivity index (χ3v) is 2.17. The number of pyridine rings is 1. The molecule has 0 saturated carbocycles. The Labute approximate surface area is 94.4 Å². The van der Waals surface area contributed by atoms with Crippen molar-refractivity contribution >= 4 is 17.6 Å². The number of hydrogen-bond donors (Lipinski definition) is 0. The van der Waals surface area contributed by atoms with Gasteiger partial charge in [0.05, 0.1) is 6.10 Å². The predicted octanol–water partition coefficient (Wildman–Crippen LogP) is 3.08. The maximum absolute atomic E-state index is 11.5. The molecule has 0 bridgehead atoms. The van der Waals surface area contributed by atoms with Crippen LogP contribution in [0.3, 0.4) is 0 Å². The van der Waals surface area contributed by atoms with Gasteiger partial charge in [0.25, 0.3) is 0 Å². The molecule has 15 heavy (non-hydrogen) atoms. The molecule has 1 aromatic rings. The van der Waals surface area contributed by atoms with E-state index >= 15 is 0 Å². The minimum absolute atomic E-state index is 0.0803. The molecule has 1 unspecified atom stereocenters. The summed E-state index contributed by atoms with van der Waals surface area (Å²) >= 11 is 5.74. The number of esters is 1. The van der Waals surface area contributed by atoms with Crippen LogP contribution in [0.5, 0.6) is 0 Å². The van der Waals surface area contributed by atoms with Gasteiger partial charge < -0.3 is 4.74 Å². The van der Waals surface area contributed by atoms with Gasteiger partial charge >= 0.3 is 5.97 Å². The molecule has 0 spiro atoms. The molecule has 0 aliphatic rings. The molecule has 0 fully saturated rings. The number of ether oxygens (including phenoxy) is 1. The van der Waals surface area contributed by atoms with E-state index in [1.807, 2.05) is 13.8 Å². The Morgan fingerprint density at radius 1 is 1.67 bits per heavy atom. The smallest absolute Gasteiger partial charge is 0.357 e.